The molecular formula is C16H14ClFN2O2. The minimum Gasteiger partial charge on any atom is -0.472 e. The van der Waals surface area contributed by atoms with E-state index in [0.29, 0.717) is 25.4 Å². The Labute approximate surface area is 132 Å². The second-order valence-corrected chi connectivity index (χ2v) is 5.45. The summed E-state index contributed by atoms with van der Waals surface area (Å²) in [5, 5.41) is 0.124. The lowest BCUT2D eigenvalue weighted by Gasteiger charge is -2.18. The molecule has 6 heteroatoms. The van der Waals surface area contributed by atoms with Gasteiger partial charge in [-0.3, -0.25) is 4.79 Å². The number of hydrogen-bond acceptors (Lipinski definition) is 3. The molecule has 114 valence electrons. The molecule has 0 spiro atoms. The fourth-order valence-corrected chi connectivity index (χ4v) is 2.70. The van der Waals surface area contributed by atoms with Gasteiger partial charge >= 0.3 is 0 Å². The molecule has 1 saturated heterocycles. The molecule has 1 aromatic heterocycles. The number of amides is 1. The Hall–Kier alpha value is -2.14. The average molecular weight is 321 g/mol. The molecule has 1 aliphatic heterocycles. The predicted octanol–water partition coefficient (Wildman–Crippen LogP) is 3.17. The van der Waals surface area contributed by atoms with Crippen molar-refractivity contribution in [2.24, 2.45) is 0 Å². The lowest BCUT2D eigenvalue weighted by Crippen LogP contribution is -2.31. The van der Waals surface area contributed by atoms with Gasteiger partial charge in [-0.05, 0) is 18.2 Å². The van der Waals surface area contributed by atoms with Crippen LogP contribution in [0.4, 0.5) is 4.39 Å². The van der Waals surface area contributed by atoms with E-state index in [1.54, 1.807) is 23.2 Å². The van der Waals surface area contributed by atoms with Gasteiger partial charge in [0.05, 0.1) is 17.1 Å². The molecule has 0 saturated carbocycles. The molecule has 1 atom stereocenters. The van der Waals surface area contributed by atoms with Crippen molar-refractivity contribution in [1.29, 1.82) is 0 Å². The zero-order chi connectivity index (χ0) is 15.5. The third-order valence-electron chi connectivity index (χ3n) is 3.53. The van der Waals surface area contributed by atoms with Gasteiger partial charge in [-0.25, -0.2) is 9.37 Å². The first-order valence-corrected chi connectivity index (χ1v) is 7.34. The van der Waals surface area contributed by atoms with Crippen LogP contribution in [0.5, 0.6) is 5.88 Å². The van der Waals surface area contributed by atoms with E-state index in [4.69, 9.17) is 16.3 Å². The summed E-state index contributed by atoms with van der Waals surface area (Å²) in [6.07, 6.45) is 2.17. The molecule has 2 aromatic rings. The van der Waals surface area contributed by atoms with Crippen molar-refractivity contribution < 1.29 is 13.9 Å². The molecule has 4 nitrogen and oxygen atoms in total. The fourth-order valence-electron chi connectivity index (χ4n) is 2.46. The predicted molar refractivity (Wildman–Crippen MR) is 80.6 cm³/mol. The Morgan fingerprint density at radius 3 is 2.91 bits per heavy atom. The number of aromatic nitrogens is 1. The van der Waals surface area contributed by atoms with Crippen molar-refractivity contribution in [3.05, 3.63) is 59.0 Å². The number of carbonyl (C=O) groups is 1. The van der Waals surface area contributed by atoms with Gasteiger partial charge in [-0.15, -0.1) is 0 Å². The van der Waals surface area contributed by atoms with Crippen LogP contribution in [-0.4, -0.2) is 35.0 Å². The van der Waals surface area contributed by atoms with E-state index in [0.717, 1.165) is 0 Å². The minimum atomic E-state index is -0.605. The van der Waals surface area contributed by atoms with Gasteiger partial charge in [-0.2, -0.15) is 0 Å². The van der Waals surface area contributed by atoms with Gasteiger partial charge in [0.15, 0.2) is 0 Å². The van der Waals surface area contributed by atoms with Gasteiger partial charge in [0.25, 0.3) is 5.91 Å². The monoisotopic (exact) mass is 320 g/mol. The highest BCUT2D eigenvalue weighted by atomic mass is 35.5. The lowest BCUT2D eigenvalue weighted by atomic mass is 10.2. The third-order valence-corrected chi connectivity index (χ3v) is 3.85. The Kier molecular flexibility index (Phi) is 4.24. The van der Waals surface area contributed by atoms with E-state index >= 15 is 0 Å². The van der Waals surface area contributed by atoms with Crippen LogP contribution in [0.1, 0.15) is 16.8 Å². The van der Waals surface area contributed by atoms with Crippen LogP contribution in [-0.2, 0) is 0 Å². The molecule has 1 fully saturated rings. The first kappa shape index (κ1) is 14.8. The standard InChI is InChI=1S/C16H14ClFN2O2/c17-12-4-3-5-13(18)15(12)16(21)20-9-7-11(10-20)22-14-6-1-2-8-19-14/h1-6,8,11H,7,9-10H2. The molecule has 1 amide bonds. The minimum absolute atomic E-state index is 0.0809. The maximum atomic E-state index is 13.8. The average Bonchev–Trinajstić information content (AvgIpc) is 2.96. The van der Waals surface area contributed by atoms with Crippen molar-refractivity contribution in [1.82, 2.24) is 9.88 Å². The van der Waals surface area contributed by atoms with Gasteiger partial charge < -0.3 is 9.64 Å². The van der Waals surface area contributed by atoms with E-state index in [-0.39, 0.29) is 16.7 Å². The van der Waals surface area contributed by atoms with E-state index in [1.165, 1.54) is 18.2 Å². The highest BCUT2D eigenvalue weighted by Gasteiger charge is 2.30. The summed E-state index contributed by atoms with van der Waals surface area (Å²) in [7, 11) is 0. The van der Waals surface area contributed by atoms with Crippen LogP contribution in [0.2, 0.25) is 5.02 Å². The van der Waals surface area contributed by atoms with E-state index in [9.17, 15) is 9.18 Å². The summed E-state index contributed by atoms with van der Waals surface area (Å²) < 4.78 is 19.5. The Bertz CT molecular complexity index is 661. The largest absolute Gasteiger partial charge is 0.472 e. The smallest absolute Gasteiger partial charge is 0.258 e. The molecule has 1 unspecified atom stereocenters. The van der Waals surface area contributed by atoms with Gasteiger partial charge in [0.2, 0.25) is 5.88 Å². The second-order valence-electron chi connectivity index (χ2n) is 5.04. The number of halogens is 2. The molecular weight excluding hydrogens is 307 g/mol. The summed E-state index contributed by atoms with van der Waals surface area (Å²) in [6, 6.07) is 9.62. The molecule has 1 aromatic carbocycles. The zero-order valence-corrected chi connectivity index (χ0v) is 12.5. The van der Waals surface area contributed by atoms with Crippen LogP contribution >= 0.6 is 11.6 Å². The summed E-state index contributed by atoms with van der Waals surface area (Å²) >= 11 is 5.94. The van der Waals surface area contributed by atoms with Crippen molar-refractivity contribution >= 4 is 17.5 Å². The highest BCUT2D eigenvalue weighted by molar-refractivity contribution is 6.33. The number of pyridine rings is 1. The first-order chi connectivity index (χ1) is 10.6. The van der Waals surface area contributed by atoms with Crippen LogP contribution in [0.3, 0.4) is 0 Å². The molecule has 0 aliphatic carbocycles. The van der Waals surface area contributed by atoms with E-state index in [2.05, 4.69) is 4.98 Å². The normalized spacial score (nSPS) is 17.5. The van der Waals surface area contributed by atoms with E-state index in [1.807, 2.05) is 6.07 Å². The topological polar surface area (TPSA) is 42.4 Å². The number of carbonyl (C=O) groups excluding carboxylic acids is 1. The van der Waals surface area contributed by atoms with Crippen molar-refractivity contribution in [3.63, 3.8) is 0 Å². The molecule has 3 rings (SSSR count). The van der Waals surface area contributed by atoms with Crippen LogP contribution in [0.25, 0.3) is 0 Å². The number of likely N-dealkylation sites (tertiary alicyclic amines) is 1. The van der Waals surface area contributed by atoms with Crippen LogP contribution in [0, 0.1) is 5.82 Å². The molecule has 1 aliphatic rings. The Morgan fingerprint density at radius 1 is 1.32 bits per heavy atom. The summed E-state index contributed by atoms with van der Waals surface area (Å²) in [5.74, 6) is -0.493. The number of ether oxygens (including phenoxy) is 1. The molecule has 0 radical (unpaired) electrons. The second kappa shape index (κ2) is 6.32. The quantitative estimate of drug-likeness (QED) is 0.872. The molecule has 22 heavy (non-hydrogen) atoms. The molecule has 0 N–H and O–H groups in total. The zero-order valence-electron chi connectivity index (χ0n) is 11.7. The SMILES string of the molecule is O=C(c1c(F)cccc1Cl)N1CCC(Oc2ccccn2)C1. The van der Waals surface area contributed by atoms with E-state index < -0.39 is 11.7 Å². The lowest BCUT2D eigenvalue weighted by molar-refractivity contribution is 0.0766. The van der Waals surface area contributed by atoms with Gasteiger partial charge in [0, 0.05) is 25.2 Å². The number of nitrogens with zero attached hydrogens (tertiary/aromatic N) is 2. The summed E-state index contributed by atoms with van der Waals surface area (Å²) in [4.78, 5) is 18.1. The number of benzene rings is 1. The van der Waals surface area contributed by atoms with Crippen LogP contribution in [0.15, 0.2) is 42.6 Å². The Balaban J connectivity index is 1.69. The number of rotatable bonds is 3. The van der Waals surface area contributed by atoms with Crippen LogP contribution < -0.4 is 4.74 Å². The first-order valence-electron chi connectivity index (χ1n) is 6.96. The van der Waals surface area contributed by atoms with Gasteiger partial charge in [-0.1, -0.05) is 23.7 Å². The fraction of sp³-hybridized carbons (Fsp3) is 0.250. The third kappa shape index (κ3) is 3.04. The van der Waals surface area contributed by atoms with Crippen molar-refractivity contribution in [2.45, 2.75) is 12.5 Å². The highest BCUT2D eigenvalue weighted by Crippen LogP contribution is 2.24. The van der Waals surface area contributed by atoms with Crippen molar-refractivity contribution in [2.75, 3.05) is 13.1 Å². The Morgan fingerprint density at radius 2 is 2.18 bits per heavy atom. The van der Waals surface area contributed by atoms with Crippen molar-refractivity contribution in [3.8, 4) is 5.88 Å². The maximum absolute atomic E-state index is 13.8. The summed E-state index contributed by atoms with van der Waals surface area (Å²) in [6.45, 7) is 0.890. The summed E-state index contributed by atoms with van der Waals surface area (Å²) in [5.41, 5.74) is -0.0809. The molecule has 0 bridgehead atoms. The number of hydrogen-bond donors (Lipinski definition) is 0. The van der Waals surface area contributed by atoms with Gasteiger partial charge in [0.1, 0.15) is 11.9 Å². The maximum Gasteiger partial charge on any atom is 0.258 e. The molecule has 2 heterocycles.